The van der Waals surface area contributed by atoms with Gasteiger partial charge < -0.3 is 5.11 Å². The Bertz CT molecular complexity index is 306. The summed E-state index contributed by atoms with van der Waals surface area (Å²) < 4.78 is 0. The monoisotopic (exact) mass is 210 g/mol. The first-order valence-corrected chi connectivity index (χ1v) is 5.87. The molecule has 0 amide bonds. The fourth-order valence-corrected chi connectivity index (χ4v) is 2.61. The van der Waals surface area contributed by atoms with Crippen LogP contribution in [0.3, 0.4) is 0 Å². The lowest BCUT2D eigenvalue weighted by Gasteiger charge is -2.31. The molecule has 1 aliphatic rings. The maximum Gasteiger partial charge on any atom is 0.133 e. The number of aliphatic hydroxyl groups is 1. The molecule has 1 fully saturated rings. The van der Waals surface area contributed by atoms with Crippen LogP contribution in [0.25, 0.3) is 0 Å². The van der Waals surface area contributed by atoms with Gasteiger partial charge in [0.25, 0.3) is 0 Å². The lowest BCUT2D eigenvalue weighted by atomic mass is 9.80. The first kappa shape index (κ1) is 9.87. The lowest BCUT2D eigenvalue weighted by molar-refractivity contribution is -0.125. The van der Waals surface area contributed by atoms with Gasteiger partial charge in [-0.15, -0.1) is 0 Å². The molecule has 1 heterocycles. The Hall–Kier alpha value is -0.670. The number of rotatable bonds is 2. The standard InChI is InChI=1S/C11H14O2S/c12-10-1-4-11(13,5-2-10)7-9-3-6-14-8-9/h3,6,8,13H,1-2,4-5,7H2. The van der Waals surface area contributed by atoms with Gasteiger partial charge in [0.05, 0.1) is 5.60 Å². The molecule has 1 N–H and O–H groups in total. The highest BCUT2D eigenvalue weighted by Gasteiger charge is 2.32. The van der Waals surface area contributed by atoms with E-state index in [9.17, 15) is 9.90 Å². The number of carbonyl (C=O) groups is 1. The molecular weight excluding hydrogens is 196 g/mol. The first-order chi connectivity index (χ1) is 6.68. The van der Waals surface area contributed by atoms with Crippen molar-refractivity contribution in [1.29, 1.82) is 0 Å². The van der Waals surface area contributed by atoms with Crippen molar-refractivity contribution in [2.45, 2.75) is 37.7 Å². The summed E-state index contributed by atoms with van der Waals surface area (Å²) in [6.45, 7) is 0. The van der Waals surface area contributed by atoms with E-state index in [2.05, 4.69) is 5.38 Å². The second-order valence-corrected chi connectivity index (χ2v) is 4.85. The van der Waals surface area contributed by atoms with Crippen molar-refractivity contribution in [3.05, 3.63) is 22.4 Å². The van der Waals surface area contributed by atoms with E-state index in [1.54, 1.807) is 11.3 Å². The number of hydrogen-bond donors (Lipinski definition) is 1. The SMILES string of the molecule is O=C1CCC(O)(Cc2ccsc2)CC1. The van der Waals surface area contributed by atoms with Crippen LogP contribution >= 0.6 is 11.3 Å². The molecule has 0 aliphatic heterocycles. The summed E-state index contributed by atoms with van der Waals surface area (Å²) in [6, 6.07) is 2.04. The minimum Gasteiger partial charge on any atom is -0.390 e. The summed E-state index contributed by atoms with van der Waals surface area (Å²) >= 11 is 1.65. The second-order valence-electron chi connectivity index (χ2n) is 4.07. The molecule has 76 valence electrons. The maximum absolute atomic E-state index is 11.0. The number of hydrogen-bond acceptors (Lipinski definition) is 3. The van der Waals surface area contributed by atoms with E-state index in [4.69, 9.17) is 0 Å². The van der Waals surface area contributed by atoms with Crippen molar-refractivity contribution in [2.75, 3.05) is 0 Å². The predicted octanol–water partition coefficient (Wildman–Crippen LogP) is 2.16. The van der Waals surface area contributed by atoms with E-state index in [0.717, 1.165) is 0 Å². The van der Waals surface area contributed by atoms with Crippen LogP contribution < -0.4 is 0 Å². The Kier molecular flexibility index (Phi) is 2.70. The third-order valence-electron chi connectivity index (χ3n) is 2.85. The Morgan fingerprint density at radius 2 is 2.14 bits per heavy atom. The molecule has 1 aliphatic carbocycles. The zero-order chi connectivity index (χ0) is 10.0. The molecule has 1 aromatic heterocycles. The van der Waals surface area contributed by atoms with Gasteiger partial charge in [-0.25, -0.2) is 0 Å². The van der Waals surface area contributed by atoms with Gasteiger partial charge in [0.1, 0.15) is 5.78 Å². The fourth-order valence-electron chi connectivity index (χ4n) is 1.94. The summed E-state index contributed by atoms with van der Waals surface area (Å²) in [6.07, 6.45) is 3.04. The normalized spacial score (nSPS) is 21.1. The van der Waals surface area contributed by atoms with Crippen molar-refractivity contribution in [2.24, 2.45) is 0 Å². The third-order valence-corrected chi connectivity index (χ3v) is 3.58. The minimum absolute atomic E-state index is 0.292. The van der Waals surface area contributed by atoms with Gasteiger partial charge in [0.15, 0.2) is 0 Å². The van der Waals surface area contributed by atoms with Crippen LogP contribution in [-0.2, 0) is 11.2 Å². The number of thiophene rings is 1. The van der Waals surface area contributed by atoms with E-state index in [1.165, 1.54) is 5.56 Å². The summed E-state index contributed by atoms with van der Waals surface area (Å²) in [5.41, 5.74) is 0.557. The molecule has 0 radical (unpaired) electrons. The van der Waals surface area contributed by atoms with Gasteiger partial charge in [-0.2, -0.15) is 11.3 Å². The second kappa shape index (κ2) is 3.83. The molecular formula is C11H14O2S. The molecule has 0 atom stereocenters. The highest BCUT2D eigenvalue weighted by molar-refractivity contribution is 7.07. The lowest BCUT2D eigenvalue weighted by Crippen LogP contribution is -2.36. The highest BCUT2D eigenvalue weighted by Crippen LogP contribution is 2.30. The van der Waals surface area contributed by atoms with E-state index in [0.29, 0.717) is 37.9 Å². The Labute approximate surface area is 87.6 Å². The quantitative estimate of drug-likeness (QED) is 0.812. The van der Waals surface area contributed by atoms with Crippen LogP contribution in [0.1, 0.15) is 31.2 Å². The molecule has 1 saturated carbocycles. The predicted molar refractivity (Wildman–Crippen MR) is 56.4 cm³/mol. The molecule has 0 bridgehead atoms. The van der Waals surface area contributed by atoms with Gasteiger partial charge >= 0.3 is 0 Å². The van der Waals surface area contributed by atoms with Crippen LogP contribution in [-0.4, -0.2) is 16.5 Å². The largest absolute Gasteiger partial charge is 0.390 e. The van der Waals surface area contributed by atoms with E-state index in [1.807, 2.05) is 11.4 Å². The van der Waals surface area contributed by atoms with Gasteiger partial charge in [-0.05, 0) is 35.2 Å². The Balaban J connectivity index is 1.99. The topological polar surface area (TPSA) is 37.3 Å². The van der Waals surface area contributed by atoms with Crippen LogP contribution in [0.5, 0.6) is 0 Å². The van der Waals surface area contributed by atoms with E-state index < -0.39 is 5.60 Å². The fraction of sp³-hybridized carbons (Fsp3) is 0.545. The van der Waals surface area contributed by atoms with E-state index >= 15 is 0 Å². The molecule has 2 rings (SSSR count). The average molecular weight is 210 g/mol. The van der Waals surface area contributed by atoms with Crippen molar-refractivity contribution >= 4 is 17.1 Å². The summed E-state index contributed by atoms with van der Waals surface area (Å²) in [5, 5.41) is 14.3. The van der Waals surface area contributed by atoms with Gasteiger partial charge in [-0.3, -0.25) is 4.79 Å². The smallest absolute Gasteiger partial charge is 0.133 e. The summed E-state index contributed by atoms with van der Waals surface area (Å²) in [5.74, 6) is 0.292. The van der Waals surface area contributed by atoms with Crippen molar-refractivity contribution < 1.29 is 9.90 Å². The molecule has 0 saturated heterocycles. The van der Waals surface area contributed by atoms with Crippen molar-refractivity contribution in [3.8, 4) is 0 Å². The summed E-state index contributed by atoms with van der Waals surface area (Å²) in [7, 11) is 0. The molecule has 2 nitrogen and oxygen atoms in total. The van der Waals surface area contributed by atoms with Gasteiger partial charge in [0.2, 0.25) is 0 Å². The van der Waals surface area contributed by atoms with E-state index in [-0.39, 0.29) is 0 Å². The molecule has 0 unspecified atom stereocenters. The van der Waals surface area contributed by atoms with Crippen LogP contribution in [0, 0.1) is 0 Å². The maximum atomic E-state index is 11.0. The Morgan fingerprint density at radius 3 is 2.71 bits per heavy atom. The van der Waals surface area contributed by atoms with Gasteiger partial charge in [0, 0.05) is 19.3 Å². The van der Waals surface area contributed by atoms with Crippen LogP contribution in [0.2, 0.25) is 0 Å². The van der Waals surface area contributed by atoms with Crippen LogP contribution in [0.4, 0.5) is 0 Å². The average Bonchev–Trinajstić information content (AvgIpc) is 2.63. The zero-order valence-electron chi connectivity index (χ0n) is 8.03. The third kappa shape index (κ3) is 2.22. The molecule has 0 spiro atoms. The van der Waals surface area contributed by atoms with Crippen molar-refractivity contribution in [3.63, 3.8) is 0 Å². The van der Waals surface area contributed by atoms with Crippen molar-refractivity contribution in [1.82, 2.24) is 0 Å². The minimum atomic E-state index is -0.630. The molecule has 3 heteroatoms. The highest BCUT2D eigenvalue weighted by atomic mass is 32.1. The number of Topliss-reactive ketones (excluding diaryl/α,β-unsaturated/α-hetero) is 1. The molecule has 0 aromatic carbocycles. The zero-order valence-corrected chi connectivity index (χ0v) is 8.85. The van der Waals surface area contributed by atoms with Gasteiger partial charge in [-0.1, -0.05) is 0 Å². The van der Waals surface area contributed by atoms with Crippen LogP contribution in [0.15, 0.2) is 16.8 Å². The first-order valence-electron chi connectivity index (χ1n) is 4.93. The summed E-state index contributed by atoms with van der Waals surface area (Å²) in [4.78, 5) is 11.0. The number of ketones is 1. The molecule has 1 aromatic rings. The molecule has 14 heavy (non-hydrogen) atoms. The Morgan fingerprint density at radius 1 is 1.43 bits per heavy atom. The number of carbonyl (C=O) groups excluding carboxylic acids is 1.